The van der Waals surface area contributed by atoms with Crippen LogP contribution in [0.5, 0.6) is 0 Å². The molecule has 2 aliphatic rings. The molecule has 3 aromatic carbocycles. The van der Waals surface area contributed by atoms with Gasteiger partial charge in [-0.1, -0.05) is 71.8 Å². The fourth-order valence-electron chi connectivity index (χ4n) is 5.87. The number of allylic oxidation sites excluding steroid dienone is 4. The first kappa shape index (κ1) is 28.7. The lowest BCUT2D eigenvalue weighted by Crippen LogP contribution is -2.12. The van der Waals surface area contributed by atoms with E-state index in [0.29, 0.717) is 12.2 Å². The second-order valence-corrected chi connectivity index (χ2v) is 11.1. The number of ether oxygens (including phenoxy) is 1. The monoisotopic (exact) mass is 549 g/mol. The van der Waals surface area contributed by atoms with Crippen LogP contribution in [-0.4, -0.2) is 22.4 Å². The predicted octanol–water partition coefficient (Wildman–Crippen LogP) is 7.64. The largest absolute Gasteiger partial charge is 0.412 e. The first-order chi connectivity index (χ1) is 19.6. The maximum absolute atomic E-state index is 14.0. The molecule has 4 nitrogen and oxygen atoms in total. The molecule has 2 aliphatic carbocycles. The minimum absolute atomic E-state index is 0. The maximum Gasteiger partial charge on any atom is 0.126 e. The smallest absolute Gasteiger partial charge is 0.126 e. The second-order valence-electron chi connectivity index (χ2n) is 11.1. The number of fused-ring (bicyclic) bond motifs is 1. The molecule has 2 N–H and O–H groups in total. The number of halogens is 1. The van der Waals surface area contributed by atoms with Gasteiger partial charge in [0.05, 0.1) is 24.5 Å². The molecule has 0 spiro atoms. The highest BCUT2D eigenvalue weighted by molar-refractivity contribution is 5.69. The van der Waals surface area contributed by atoms with E-state index < -0.39 is 0 Å². The minimum Gasteiger partial charge on any atom is -0.412 e. The molecule has 1 atom stereocenters. The normalized spacial score (nSPS) is 16.3. The average molecular weight is 550 g/mol. The highest BCUT2D eigenvalue weighted by atomic mass is 19.1. The lowest BCUT2D eigenvalue weighted by atomic mass is 9.88. The van der Waals surface area contributed by atoms with Gasteiger partial charge in [0.15, 0.2) is 0 Å². The van der Waals surface area contributed by atoms with Crippen LogP contribution < -0.4 is 0 Å². The van der Waals surface area contributed by atoms with Gasteiger partial charge in [0, 0.05) is 25.0 Å². The summed E-state index contributed by atoms with van der Waals surface area (Å²) in [7, 11) is 1.76. The first-order valence-electron chi connectivity index (χ1n) is 14.3. The number of hydrogen-bond acceptors (Lipinski definition) is 2. The molecular weight excluding hydrogens is 511 g/mol. The van der Waals surface area contributed by atoms with E-state index in [9.17, 15) is 4.39 Å². The Labute approximate surface area is 242 Å². The molecule has 0 aliphatic heterocycles. The molecule has 0 saturated carbocycles. The summed E-state index contributed by atoms with van der Waals surface area (Å²) < 4.78 is 21.5. The minimum atomic E-state index is -0.188. The predicted molar refractivity (Wildman–Crippen MR) is 164 cm³/mol. The fourth-order valence-corrected chi connectivity index (χ4v) is 5.87. The Morgan fingerprint density at radius 1 is 0.927 bits per heavy atom. The van der Waals surface area contributed by atoms with E-state index in [1.54, 1.807) is 19.6 Å². The van der Waals surface area contributed by atoms with Crippen molar-refractivity contribution < 1.29 is 14.6 Å². The number of benzene rings is 3. The van der Waals surface area contributed by atoms with Crippen molar-refractivity contribution in [3.63, 3.8) is 0 Å². The van der Waals surface area contributed by atoms with E-state index in [4.69, 9.17) is 9.84 Å². The maximum atomic E-state index is 14.0. The van der Waals surface area contributed by atoms with E-state index >= 15 is 0 Å². The number of hydrogen-bond donors (Lipinski definition) is 0. The summed E-state index contributed by atoms with van der Waals surface area (Å²) in [5.41, 5.74) is 11.8. The number of methoxy groups -OCH3 is 1. The molecule has 0 amide bonds. The van der Waals surface area contributed by atoms with Crippen LogP contribution in [0.4, 0.5) is 4.39 Å². The van der Waals surface area contributed by atoms with E-state index in [1.807, 2.05) is 18.2 Å². The fraction of sp³-hybridized carbons (Fsp3) is 0.278. The highest BCUT2D eigenvalue weighted by Crippen LogP contribution is 2.35. The van der Waals surface area contributed by atoms with Gasteiger partial charge in [-0.15, -0.1) is 0 Å². The molecule has 211 valence electrons. The lowest BCUT2D eigenvalue weighted by molar-refractivity contribution is 0.185. The van der Waals surface area contributed by atoms with Crippen LogP contribution >= 0.6 is 0 Å². The zero-order valence-corrected chi connectivity index (χ0v) is 23.9. The summed E-state index contributed by atoms with van der Waals surface area (Å²) in [5.74, 6) is 0.0924. The molecule has 1 radical (unpaired) electrons. The van der Waals surface area contributed by atoms with E-state index in [0.717, 1.165) is 61.2 Å². The third-order valence-electron chi connectivity index (χ3n) is 8.14. The Balaban J connectivity index is 0.00000337. The van der Waals surface area contributed by atoms with E-state index in [1.165, 1.54) is 28.3 Å². The van der Waals surface area contributed by atoms with Crippen molar-refractivity contribution in [2.75, 3.05) is 7.11 Å². The number of nitrogens with zero attached hydrogens (tertiary/aromatic N) is 2. The van der Waals surface area contributed by atoms with Crippen LogP contribution in [0.25, 0.3) is 22.5 Å². The molecular formula is C36H38FN2O2. The van der Waals surface area contributed by atoms with E-state index in [-0.39, 0.29) is 17.2 Å². The molecule has 0 bridgehead atoms. The van der Waals surface area contributed by atoms with Crippen LogP contribution in [0.15, 0.2) is 96.1 Å². The van der Waals surface area contributed by atoms with Crippen LogP contribution in [-0.2, 0) is 30.7 Å². The van der Waals surface area contributed by atoms with Gasteiger partial charge >= 0.3 is 0 Å². The summed E-state index contributed by atoms with van der Waals surface area (Å²) in [4.78, 5) is 0. The quantitative estimate of drug-likeness (QED) is 0.212. The topological polar surface area (TPSA) is 58.5 Å². The Morgan fingerprint density at radius 2 is 1.76 bits per heavy atom. The molecule has 1 heterocycles. The molecule has 0 fully saturated rings. The van der Waals surface area contributed by atoms with Crippen LogP contribution in [0.3, 0.4) is 0 Å². The van der Waals surface area contributed by atoms with Gasteiger partial charge in [-0.05, 0) is 91.1 Å². The Hall–Kier alpha value is -3.80. The Kier molecular flexibility index (Phi) is 8.96. The second kappa shape index (κ2) is 12.8. The molecule has 5 heteroatoms. The van der Waals surface area contributed by atoms with Crippen LogP contribution in [0.1, 0.15) is 41.5 Å². The SMILES string of the molecule is COCc1ccc2c(c1)CCC/C(=C/C(Cn1nc(-c3ccc(F)c(C)c3)cc1-c1ccccc1)C1=C[CH]1)CC2.O. The molecule has 1 unspecified atom stereocenters. The van der Waals surface area contributed by atoms with Gasteiger partial charge in [-0.3, -0.25) is 4.68 Å². The summed E-state index contributed by atoms with van der Waals surface area (Å²) in [6.45, 7) is 3.25. The third-order valence-corrected chi connectivity index (χ3v) is 8.14. The van der Waals surface area contributed by atoms with Crippen LogP contribution in [0.2, 0.25) is 0 Å². The number of rotatable bonds is 8. The van der Waals surface area contributed by atoms with Gasteiger partial charge in [0.2, 0.25) is 0 Å². The third kappa shape index (κ3) is 6.75. The van der Waals surface area contributed by atoms with Gasteiger partial charge in [-0.2, -0.15) is 5.10 Å². The number of aryl methyl sites for hydroxylation is 3. The van der Waals surface area contributed by atoms with Gasteiger partial charge in [-0.25, -0.2) is 4.39 Å². The van der Waals surface area contributed by atoms with Crippen molar-refractivity contribution in [1.29, 1.82) is 0 Å². The Morgan fingerprint density at radius 3 is 2.51 bits per heavy atom. The summed E-state index contributed by atoms with van der Waals surface area (Å²) in [6.07, 6.45) is 12.5. The molecule has 6 rings (SSSR count). The molecule has 4 aromatic rings. The summed E-state index contributed by atoms with van der Waals surface area (Å²) >= 11 is 0. The van der Waals surface area contributed by atoms with Gasteiger partial charge in [0.25, 0.3) is 0 Å². The zero-order valence-electron chi connectivity index (χ0n) is 23.9. The molecule has 41 heavy (non-hydrogen) atoms. The van der Waals surface area contributed by atoms with Crippen LogP contribution in [0, 0.1) is 25.1 Å². The lowest BCUT2D eigenvalue weighted by Gasteiger charge is -2.20. The molecule has 1 aromatic heterocycles. The van der Waals surface area contributed by atoms with Crippen molar-refractivity contribution in [3.05, 3.63) is 131 Å². The van der Waals surface area contributed by atoms with Crippen molar-refractivity contribution >= 4 is 0 Å². The van der Waals surface area contributed by atoms with Gasteiger partial charge < -0.3 is 10.2 Å². The molecule has 0 saturated heterocycles. The standard InChI is InChI=1S/C36H36FN2O.H2O/c1-25-19-32(17-18-34(25)37)35-22-36(30-8-4-3-5-9-30)39(38-35)23-33(29-15-16-29)20-26-7-6-10-31-21-27(24-40-2)12-14-28(31)13-11-26;/h3-5,8-9,12,14-22,33H,6-7,10-11,13,23-24H2,1-2H3;1H2/b26-20-;. The van der Waals surface area contributed by atoms with E-state index in [2.05, 4.69) is 71.8 Å². The van der Waals surface area contributed by atoms with Crippen molar-refractivity contribution in [2.24, 2.45) is 5.92 Å². The highest BCUT2D eigenvalue weighted by Gasteiger charge is 2.23. The van der Waals surface area contributed by atoms with Crippen molar-refractivity contribution in [3.8, 4) is 22.5 Å². The first-order valence-corrected chi connectivity index (χ1v) is 14.3. The number of aromatic nitrogens is 2. The zero-order chi connectivity index (χ0) is 27.5. The summed E-state index contributed by atoms with van der Waals surface area (Å²) in [6, 6.07) is 24.7. The van der Waals surface area contributed by atoms with Crippen molar-refractivity contribution in [2.45, 2.75) is 52.2 Å². The summed E-state index contributed by atoms with van der Waals surface area (Å²) in [5, 5.41) is 5.07. The van der Waals surface area contributed by atoms with Gasteiger partial charge in [0.1, 0.15) is 5.82 Å². The Bertz CT molecular complexity index is 1570. The average Bonchev–Trinajstić information content (AvgIpc) is 3.72. The van der Waals surface area contributed by atoms with Crippen molar-refractivity contribution in [1.82, 2.24) is 9.78 Å².